The molecule has 1 N–H and O–H groups in total. The zero-order valence-electron chi connectivity index (χ0n) is 15.3. The average Bonchev–Trinajstić information content (AvgIpc) is 3.39. The van der Waals surface area contributed by atoms with Gasteiger partial charge in [-0.1, -0.05) is 6.07 Å². The lowest BCUT2D eigenvalue weighted by atomic mass is 10.1. The van der Waals surface area contributed by atoms with Crippen molar-refractivity contribution < 1.29 is 14.3 Å². The molecule has 28 heavy (non-hydrogen) atoms. The number of aryl methyl sites for hydroxylation is 1. The monoisotopic (exact) mass is 378 g/mol. The molecule has 5 rings (SSSR count). The number of nitrogens with one attached hydrogen (secondary N) is 1. The molecular formula is C20H18N4O4. The summed E-state index contributed by atoms with van der Waals surface area (Å²) in [7, 11) is 0. The van der Waals surface area contributed by atoms with Crippen LogP contribution in [0, 0.1) is 6.92 Å². The van der Waals surface area contributed by atoms with Crippen LogP contribution in [0.2, 0.25) is 0 Å². The van der Waals surface area contributed by atoms with E-state index >= 15 is 0 Å². The number of pyridine rings is 1. The smallest absolute Gasteiger partial charge is 0.263 e. The van der Waals surface area contributed by atoms with Gasteiger partial charge in [0.05, 0.1) is 25.0 Å². The van der Waals surface area contributed by atoms with Crippen LogP contribution in [0.1, 0.15) is 32.7 Å². The van der Waals surface area contributed by atoms with E-state index in [1.807, 2.05) is 18.2 Å². The number of amides is 1. The summed E-state index contributed by atoms with van der Waals surface area (Å²) in [6, 6.07) is 7.38. The van der Waals surface area contributed by atoms with Crippen LogP contribution in [-0.2, 0) is 19.6 Å². The summed E-state index contributed by atoms with van der Waals surface area (Å²) in [4.78, 5) is 27.8. The molecule has 2 aliphatic rings. The fraction of sp³-hybridized carbons (Fsp3) is 0.250. The Bertz CT molecular complexity index is 1130. The third kappa shape index (κ3) is 2.65. The molecule has 2 aliphatic heterocycles. The number of aromatic amines is 1. The predicted molar refractivity (Wildman–Crippen MR) is 99.3 cm³/mol. The number of H-pyrrole nitrogens is 1. The minimum Gasteiger partial charge on any atom is -0.454 e. The average molecular weight is 378 g/mol. The number of ether oxygens (including phenoxy) is 2. The second kappa shape index (κ2) is 6.26. The van der Waals surface area contributed by atoms with Crippen LogP contribution in [0.5, 0.6) is 11.5 Å². The minimum absolute atomic E-state index is 0.204. The summed E-state index contributed by atoms with van der Waals surface area (Å²) in [5.74, 6) is 1.11. The van der Waals surface area contributed by atoms with E-state index in [0.29, 0.717) is 36.7 Å². The van der Waals surface area contributed by atoms with Crippen molar-refractivity contribution in [1.82, 2.24) is 19.7 Å². The number of hydrogen-bond donors (Lipinski definition) is 1. The number of benzene rings is 1. The molecule has 8 heteroatoms. The van der Waals surface area contributed by atoms with Gasteiger partial charge in [0.2, 0.25) is 6.79 Å². The first-order valence-electron chi connectivity index (χ1n) is 8.99. The van der Waals surface area contributed by atoms with Crippen molar-refractivity contribution in [2.24, 2.45) is 0 Å². The molecule has 3 aromatic rings. The number of aromatic nitrogens is 3. The topological polar surface area (TPSA) is 89.4 Å². The van der Waals surface area contributed by atoms with Gasteiger partial charge in [0.1, 0.15) is 5.56 Å². The molecule has 2 aromatic heterocycles. The van der Waals surface area contributed by atoms with Crippen LogP contribution < -0.4 is 15.0 Å². The lowest BCUT2D eigenvalue weighted by molar-refractivity contribution is 0.0746. The highest BCUT2D eigenvalue weighted by Crippen LogP contribution is 2.32. The van der Waals surface area contributed by atoms with Gasteiger partial charge in [0.15, 0.2) is 11.5 Å². The maximum atomic E-state index is 13.1. The molecule has 8 nitrogen and oxygen atoms in total. The third-order valence-electron chi connectivity index (χ3n) is 5.18. The van der Waals surface area contributed by atoms with E-state index in [0.717, 1.165) is 16.8 Å². The maximum absolute atomic E-state index is 13.1. The Hall–Kier alpha value is -3.55. The maximum Gasteiger partial charge on any atom is 0.263 e. The van der Waals surface area contributed by atoms with Crippen molar-refractivity contribution in [3.8, 4) is 11.5 Å². The normalized spacial score (nSPS) is 14.4. The standard InChI is InChI=1S/C20H18N4O4/c1-12-4-5-23(8-13-2-3-16-17(6-13)28-11-27-16)19(25)18(12)20(26)24-9-14-7-21-22-15(14)10-24/h2-7H,8-11H2,1H3,(H,21,22). The molecular weight excluding hydrogens is 360 g/mol. The summed E-state index contributed by atoms with van der Waals surface area (Å²) in [5, 5.41) is 6.88. The highest BCUT2D eigenvalue weighted by atomic mass is 16.7. The Labute approximate surface area is 160 Å². The molecule has 0 fully saturated rings. The molecule has 1 amide bonds. The van der Waals surface area contributed by atoms with Gasteiger partial charge < -0.3 is 18.9 Å². The number of rotatable bonds is 3. The second-order valence-electron chi connectivity index (χ2n) is 7.03. The van der Waals surface area contributed by atoms with Crippen molar-refractivity contribution in [2.75, 3.05) is 6.79 Å². The van der Waals surface area contributed by atoms with Crippen LogP contribution >= 0.6 is 0 Å². The number of fused-ring (bicyclic) bond motifs is 2. The fourth-order valence-corrected chi connectivity index (χ4v) is 3.65. The highest BCUT2D eigenvalue weighted by molar-refractivity contribution is 5.95. The van der Waals surface area contributed by atoms with Crippen LogP contribution in [0.25, 0.3) is 0 Å². The quantitative estimate of drug-likeness (QED) is 0.751. The molecule has 0 aliphatic carbocycles. The van der Waals surface area contributed by atoms with E-state index in [9.17, 15) is 9.59 Å². The Kier molecular flexibility index (Phi) is 3.71. The Morgan fingerprint density at radius 1 is 1.21 bits per heavy atom. The fourth-order valence-electron chi connectivity index (χ4n) is 3.65. The number of hydrogen-bond acceptors (Lipinski definition) is 5. The summed E-state index contributed by atoms with van der Waals surface area (Å²) in [6.07, 6.45) is 3.44. The first-order valence-corrected chi connectivity index (χ1v) is 8.99. The van der Waals surface area contributed by atoms with E-state index in [1.165, 1.54) is 0 Å². The third-order valence-corrected chi connectivity index (χ3v) is 5.18. The summed E-state index contributed by atoms with van der Waals surface area (Å²) < 4.78 is 12.3. The van der Waals surface area contributed by atoms with Crippen molar-refractivity contribution in [3.05, 3.63) is 75.0 Å². The summed E-state index contributed by atoms with van der Waals surface area (Å²) in [5.41, 5.74) is 3.39. The van der Waals surface area contributed by atoms with Crippen LogP contribution in [0.15, 0.2) is 41.5 Å². The number of carbonyl (C=O) groups excluding carboxylic acids is 1. The Morgan fingerprint density at radius 3 is 2.93 bits per heavy atom. The molecule has 0 saturated carbocycles. The molecule has 142 valence electrons. The van der Waals surface area contributed by atoms with Crippen molar-refractivity contribution in [1.29, 1.82) is 0 Å². The summed E-state index contributed by atoms with van der Waals surface area (Å²) in [6.45, 7) is 3.23. The van der Waals surface area contributed by atoms with Crippen molar-refractivity contribution >= 4 is 5.91 Å². The van der Waals surface area contributed by atoms with Crippen molar-refractivity contribution in [3.63, 3.8) is 0 Å². The van der Waals surface area contributed by atoms with Gasteiger partial charge in [0, 0.05) is 18.3 Å². The van der Waals surface area contributed by atoms with Gasteiger partial charge in [-0.15, -0.1) is 0 Å². The molecule has 0 unspecified atom stereocenters. The lowest BCUT2D eigenvalue weighted by Gasteiger charge is -2.17. The van der Waals surface area contributed by atoms with Crippen LogP contribution in [0.3, 0.4) is 0 Å². The molecule has 0 atom stereocenters. The van der Waals surface area contributed by atoms with E-state index in [4.69, 9.17) is 9.47 Å². The van der Waals surface area contributed by atoms with E-state index in [-0.39, 0.29) is 23.8 Å². The van der Waals surface area contributed by atoms with Gasteiger partial charge in [-0.05, 0) is 36.2 Å². The van der Waals surface area contributed by atoms with Gasteiger partial charge >= 0.3 is 0 Å². The molecule has 4 heterocycles. The number of carbonyl (C=O) groups is 1. The SMILES string of the molecule is Cc1ccn(Cc2ccc3c(c2)OCO3)c(=O)c1C(=O)N1Cc2cn[nH]c2C1. The predicted octanol–water partition coefficient (Wildman–Crippen LogP) is 1.81. The zero-order valence-corrected chi connectivity index (χ0v) is 15.3. The molecule has 0 spiro atoms. The second-order valence-corrected chi connectivity index (χ2v) is 7.03. The van der Waals surface area contributed by atoms with Gasteiger partial charge in [-0.3, -0.25) is 14.7 Å². The van der Waals surface area contributed by atoms with E-state index in [1.54, 1.807) is 34.9 Å². The van der Waals surface area contributed by atoms with Gasteiger partial charge in [0.25, 0.3) is 11.5 Å². The van der Waals surface area contributed by atoms with Crippen LogP contribution in [0.4, 0.5) is 0 Å². The van der Waals surface area contributed by atoms with Gasteiger partial charge in [-0.25, -0.2) is 0 Å². The summed E-state index contributed by atoms with van der Waals surface area (Å²) >= 11 is 0. The Morgan fingerprint density at radius 2 is 2.07 bits per heavy atom. The van der Waals surface area contributed by atoms with Gasteiger partial charge in [-0.2, -0.15) is 5.10 Å². The molecule has 0 bridgehead atoms. The first kappa shape index (κ1) is 16.6. The molecule has 1 aromatic carbocycles. The largest absolute Gasteiger partial charge is 0.454 e. The lowest BCUT2D eigenvalue weighted by Crippen LogP contribution is -2.35. The first-order chi connectivity index (χ1) is 13.6. The molecule has 0 saturated heterocycles. The zero-order chi connectivity index (χ0) is 19.3. The van der Waals surface area contributed by atoms with E-state index in [2.05, 4.69) is 10.2 Å². The van der Waals surface area contributed by atoms with Crippen molar-refractivity contribution in [2.45, 2.75) is 26.6 Å². The minimum atomic E-state index is -0.295. The highest BCUT2D eigenvalue weighted by Gasteiger charge is 2.28. The van der Waals surface area contributed by atoms with E-state index < -0.39 is 0 Å². The van der Waals surface area contributed by atoms with Crippen LogP contribution in [-0.4, -0.2) is 32.4 Å². The Balaban J connectivity index is 1.44. The molecule has 0 radical (unpaired) electrons. The number of nitrogens with zero attached hydrogens (tertiary/aromatic N) is 3.